The van der Waals surface area contributed by atoms with Gasteiger partial charge in [0.05, 0.1) is 30.4 Å². The molecule has 0 saturated heterocycles. The molecule has 0 unspecified atom stereocenters. The minimum Gasteiger partial charge on any atom is -0.493 e. The van der Waals surface area contributed by atoms with Gasteiger partial charge in [-0.05, 0) is 48.5 Å². The van der Waals surface area contributed by atoms with Gasteiger partial charge >= 0.3 is 0 Å². The van der Waals surface area contributed by atoms with Crippen molar-refractivity contribution in [1.82, 2.24) is 15.0 Å². The molecule has 5 rings (SSSR count). The monoisotopic (exact) mass is 501 g/mol. The van der Waals surface area contributed by atoms with Crippen LogP contribution in [0, 0.1) is 0 Å². The molecule has 0 aliphatic heterocycles. The van der Waals surface area contributed by atoms with Crippen LogP contribution in [0.25, 0.3) is 22.3 Å². The molecule has 182 valence electrons. The average Bonchev–Trinajstić information content (AvgIpc) is 3.33. The summed E-state index contributed by atoms with van der Waals surface area (Å²) in [6, 6.07) is 21.7. The summed E-state index contributed by atoms with van der Waals surface area (Å²) in [4.78, 5) is 11.9. The summed E-state index contributed by atoms with van der Waals surface area (Å²) in [6.07, 6.45) is 3.12. The van der Waals surface area contributed by atoms with Crippen LogP contribution in [0.3, 0.4) is 0 Å². The largest absolute Gasteiger partial charge is 0.493 e. The summed E-state index contributed by atoms with van der Waals surface area (Å²) >= 11 is 0. The second-order valence-corrected chi connectivity index (χ2v) is 10.1. The number of hydrogen-bond donors (Lipinski definition) is 1. The minimum atomic E-state index is -3.41. The van der Waals surface area contributed by atoms with Crippen molar-refractivity contribution in [2.75, 3.05) is 12.9 Å². The SMILES string of the molecule is CCS(=O)(=O)c1ccc(Oc2cc3cc(-c4ccccn4)[nH]c3cc2Oc2ccccc2OC)cn1. The van der Waals surface area contributed by atoms with Gasteiger partial charge in [0.15, 0.2) is 37.9 Å². The molecule has 0 spiro atoms. The third-order valence-corrected chi connectivity index (χ3v) is 7.19. The second kappa shape index (κ2) is 9.71. The Balaban J connectivity index is 1.57. The van der Waals surface area contributed by atoms with Crippen molar-refractivity contribution >= 4 is 20.7 Å². The molecule has 3 heterocycles. The zero-order chi connectivity index (χ0) is 25.1. The van der Waals surface area contributed by atoms with E-state index in [9.17, 15) is 8.42 Å². The van der Waals surface area contributed by atoms with Crippen molar-refractivity contribution < 1.29 is 22.6 Å². The molecule has 0 aliphatic carbocycles. The smallest absolute Gasteiger partial charge is 0.195 e. The number of aromatic amines is 1. The number of nitrogens with one attached hydrogen (secondary N) is 1. The van der Waals surface area contributed by atoms with Gasteiger partial charge in [-0.3, -0.25) is 4.98 Å². The van der Waals surface area contributed by atoms with Crippen LogP contribution >= 0.6 is 0 Å². The van der Waals surface area contributed by atoms with Crippen molar-refractivity contribution in [1.29, 1.82) is 0 Å². The quantitative estimate of drug-likeness (QED) is 0.278. The van der Waals surface area contributed by atoms with Gasteiger partial charge in [-0.15, -0.1) is 0 Å². The molecule has 0 atom stereocenters. The maximum atomic E-state index is 12.1. The summed E-state index contributed by atoms with van der Waals surface area (Å²) in [5.74, 6) is 2.29. The molecule has 36 heavy (non-hydrogen) atoms. The van der Waals surface area contributed by atoms with Gasteiger partial charge in [-0.1, -0.05) is 25.1 Å². The number of nitrogens with zero attached hydrogens (tertiary/aromatic N) is 2. The number of ether oxygens (including phenoxy) is 3. The first kappa shape index (κ1) is 23.4. The summed E-state index contributed by atoms with van der Waals surface area (Å²) < 4.78 is 42.0. The number of sulfone groups is 1. The third-order valence-electron chi connectivity index (χ3n) is 5.55. The van der Waals surface area contributed by atoms with E-state index in [0.717, 1.165) is 22.3 Å². The molecule has 0 saturated carbocycles. The summed E-state index contributed by atoms with van der Waals surface area (Å²) in [5, 5.41) is 0.889. The molecule has 9 heteroatoms. The molecule has 2 aromatic carbocycles. The number of benzene rings is 2. The molecular formula is C27H23N3O5S. The molecular weight excluding hydrogens is 478 g/mol. The lowest BCUT2D eigenvalue weighted by atomic mass is 10.2. The van der Waals surface area contributed by atoms with E-state index in [0.29, 0.717) is 28.7 Å². The van der Waals surface area contributed by atoms with Gasteiger partial charge in [0.1, 0.15) is 5.75 Å². The first-order valence-electron chi connectivity index (χ1n) is 11.2. The van der Waals surface area contributed by atoms with Crippen LogP contribution in [0.4, 0.5) is 0 Å². The topological polar surface area (TPSA) is 103 Å². The highest BCUT2D eigenvalue weighted by molar-refractivity contribution is 7.91. The number of rotatable bonds is 8. The average molecular weight is 502 g/mol. The van der Waals surface area contributed by atoms with Crippen LogP contribution in [0.5, 0.6) is 28.7 Å². The summed E-state index contributed by atoms with van der Waals surface area (Å²) in [5.41, 5.74) is 2.48. The Kier molecular flexibility index (Phi) is 6.30. The standard InChI is InChI=1S/C27H23N3O5S/c1-3-36(31,32)27-12-11-19(17-29-27)34-25-15-18-14-22(20-8-6-7-13-28-20)30-21(18)16-26(25)35-24-10-5-4-9-23(24)33-2/h4-17,30H,3H2,1-2H3. The normalized spacial score (nSPS) is 11.4. The highest BCUT2D eigenvalue weighted by atomic mass is 32.2. The van der Waals surface area contributed by atoms with E-state index in [4.69, 9.17) is 14.2 Å². The van der Waals surface area contributed by atoms with Crippen LogP contribution in [-0.4, -0.2) is 36.2 Å². The fourth-order valence-electron chi connectivity index (χ4n) is 3.67. The molecule has 0 radical (unpaired) electrons. The lowest BCUT2D eigenvalue weighted by Gasteiger charge is -2.14. The van der Waals surface area contributed by atoms with Crippen LogP contribution in [0.2, 0.25) is 0 Å². The first-order valence-corrected chi connectivity index (χ1v) is 12.9. The maximum Gasteiger partial charge on any atom is 0.195 e. The lowest BCUT2D eigenvalue weighted by molar-refractivity contribution is 0.369. The van der Waals surface area contributed by atoms with Gasteiger partial charge < -0.3 is 19.2 Å². The van der Waals surface area contributed by atoms with Crippen LogP contribution in [-0.2, 0) is 9.84 Å². The Hall–Kier alpha value is -4.37. The van der Waals surface area contributed by atoms with Crippen molar-refractivity contribution in [3.8, 4) is 40.1 Å². The summed E-state index contributed by atoms with van der Waals surface area (Å²) in [7, 11) is -1.84. The van der Waals surface area contributed by atoms with Crippen LogP contribution in [0.15, 0.2) is 90.2 Å². The molecule has 0 amide bonds. The van der Waals surface area contributed by atoms with Crippen molar-refractivity contribution in [3.05, 3.63) is 85.2 Å². The van der Waals surface area contributed by atoms with Crippen molar-refractivity contribution in [3.63, 3.8) is 0 Å². The molecule has 8 nitrogen and oxygen atoms in total. The lowest BCUT2D eigenvalue weighted by Crippen LogP contribution is -2.05. The Morgan fingerprint density at radius 3 is 2.31 bits per heavy atom. The Morgan fingerprint density at radius 2 is 1.61 bits per heavy atom. The molecule has 0 aliphatic rings. The highest BCUT2D eigenvalue weighted by Gasteiger charge is 2.17. The zero-order valence-electron chi connectivity index (χ0n) is 19.6. The number of hydrogen-bond acceptors (Lipinski definition) is 7. The number of para-hydroxylation sites is 2. The Labute approximate surface area is 208 Å². The van der Waals surface area contributed by atoms with Crippen molar-refractivity contribution in [2.45, 2.75) is 11.9 Å². The number of H-pyrrole nitrogens is 1. The fraction of sp³-hybridized carbons (Fsp3) is 0.111. The molecule has 0 fully saturated rings. The number of pyridine rings is 2. The van der Waals surface area contributed by atoms with Crippen LogP contribution in [0.1, 0.15) is 6.92 Å². The van der Waals surface area contributed by atoms with Gasteiger partial charge in [0.25, 0.3) is 0 Å². The third kappa shape index (κ3) is 4.73. The van der Waals surface area contributed by atoms with E-state index < -0.39 is 9.84 Å². The Morgan fingerprint density at radius 1 is 0.833 bits per heavy atom. The second-order valence-electron chi connectivity index (χ2n) is 7.87. The zero-order valence-corrected chi connectivity index (χ0v) is 20.5. The minimum absolute atomic E-state index is 0.00364. The van der Waals surface area contributed by atoms with Crippen molar-refractivity contribution in [2.24, 2.45) is 0 Å². The molecule has 1 N–H and O–H groups in total. The van der Waals surface area contributed by atoms with E-state index in [1.54, 1.807) is 38.4 Å². The van der Waals surface area contributed by atoms with E-state index in [2.05, 4.69) is 15.0 Å². The molecule has 0 bridgehead atoms. The fourth-order valence-corrected chi connectivity index (χ4v) is 4.45. The van der Waals surface area contributed by atoms with E-state index in [1.807, 2.05) is 48.5 Å². The van der Waals surface area contributed by atoms with E-state index in [-0.39, 0.29) is 10.8 Å². The molecule has 5 aromatic rings. The number of methoxy groups -OCH3 is 1. The maximum absolute atomic E-state index is 12.1. The predicted octanol–water partition coefficient (Wildman–Crippen LogP) is 6.01. The van der Waals surface area contributed by atoms with Gasteiger partial charge in [-0.2, -0.15) is 0 Å². The summed E-state index contributed by atoms with van der Waals surface area (Å²) in [6.45, 7) is 1.58. The molecule has 3 aromatic heterocycles. The van der Waals surface area contributed by atoms with E-state index >= 15 is 0 Å². The Bertz CT molecular complexity index is 1620. The van der Waals surface area contributed by atoms with Gasteiger partial charge in [0, 0.05) is 23.2 Å². The van der Waals surface area contributed by atoms with Gasteiger partial charge in [-0.25, -0.2) is 13.4 Å². The first-order chi connectivity index (χ1) is 17.5. The predicted molar refractivity (Wildman–Crippen MR) is 137 cm³/mol. The van der Waals surface area contributed by atoms with Crippen LogP contribution < -0.4 is 14.2 Å². The van der Waals surface area contributed by atoms with E-state index in [1.165, 1.54) is 12.3 Å². The highest BCUT2D eigenvalue weighted by Crippen LogP contribution is 2.41. The number of aromatic nitrogens is 3. The van der Waals surface area contributed by atoms with Gasteiger partial charge in [0.2, 0.25) is 0 Å². The number of fused-ring (bicyclic) bond motifs is 1.